The zero-order valence-electron chi connectivity index (χ0n) is 21.9. The van der Waals surface area contributed by atoms with E-state index in [0.29, 0.717) is 42.7 Å². The van der Waals surface area contributed by atoms with Gasteiger partial charge in [-0.05, 0) is 55.7 Å². The van der Waals surface area contributed by atoms with Crippen LogP contribution >= 0.6 is 47.3 Å². The van der Waals surface area contributed by atoms with E-state index < -0.39 is 0 Å². The van der Waals surface area contributed by atoms with Crippen molar-refractivity contribution in [3.8, 4) is 5.75 Å². The number of carbonyl (C=O) groups is 4. The van der Waals surface area contributed by atoms with Crippen molar-refractivity contribution >= 4 is 75.2 Å². The SMILES string of the molecule is BrB(Br)Br.O=COCc1nc(C(=O)NCC2CC2)ccc1CO.O=COCc1nc(C(=O)NCC2CC2)ccc1O. The highest BCUT2D eigenvalue weighted by Gasteiger charge is 2.23. The van der Waals surface area contributed by atoms with Crippen LogP contribution < -0.4 is 10.6 Å². The third kappa shape index (κ3) is 14.3. The highest BCUT2D eigenvalue weighted by molar-refractivity contribution is 9.69. The van der Waals surface area contributed by atoms with Gasteiger partial charge in [-0.2, -0.15) is 0 Å². The molecule has 4 rings (SSSR count). The van der Waals surface area contributed by atoms with Gasteiger partial charge in [-0.15, -0.1) is 47.3 Å². The van der Waals surface area contributed by atoms with Crippen molar-refractivity contribution in [1.29, 1.82) is 0 Å². The fourth-order valence-electron chi connectivity index (χ4n) is 3.18. The highest BCUT2D eigenvalue weighted by Crippen LogP contribution is 2.28. The molecule has 0 aliphatic heterocycles. The Hall–Kier alpha value is -2.56. The Labute approximate surface area is 262 Å². The first-order chi connectivity index (χ1) is 19.7. The lowest BCUT2D eigenvalue weighted by atomic mass is 10.2. The van der Waals surface area contributed by atoms with Gasteiger partial charge < -0.3 is 30.3 Å². The first kappa shape index (κ1) is 34.6. The van der Waals surface area contributed by atoms with Gasteiger partial charge in [-0.3, -0.25) is 19.2 Å². The average Bonchev–Trinajstić information content (AvgIpc) is 3.88. The van der Waals surface area contributed by atoms with Crippen molar-refractivity contribution in [2.45, 2.75) is 45.5 Å². The molecule has 0 bridgehead atoms. The summed E-state index contributed by atoms with van der Waals surface area (Å²) in [5.41, 5.74) is 1.58. The molecule has 12 nitrogen and oxygen atoms in total. The van der Waals surface area contributed by atoms with E-state index in [0.717, 1.165) is 25.7 Å². The summed E-state index contributed by atoms with van der Waals surface area (Å²) in [6.45, 7) is 1.48. The molecule has 2 aromatic heterocycles. The zero-order chi connectivity index (χ0) is 30.2. The Morgan fingerprint density at radius 3 is 1.73 bits per heavy atom. The molecular formula is C25H30BBr3N4O8. The third-order valence-corrected chi connectivity index (χ3v) is 5.73. The van der Waals surface area contributed by atoms with Crippen LogP contribution in [-0.4, -0.2) is 61.2 Å². The molecule has 2 heterocycles. The summed E-state index contributed by atoms with van der Waals surface area (Å²) < 4.78 is 9.40. The summed E-state index contributed by atoms with van der Waals surface area (Å²) in [4.78, 5) is 52.0. The monoisotopic (exact) mass is 762 g/mol. The number of halogens is 3. The summed E-state index contributed by atoms with van der Waals surface area (Å²) in [6, 6.07) is 5.96. The number of rotatable bonds is 13. The van der Waals surface area contributed by atoms with Crippen LogP contribution in [0.15, 0.2) is 24.3 Å². The second-order valence-corrected chi connectivity index (χ2v) is 15.4. The molecule has 2 aliphatic rings. The van der Waals surface area contributed by atoms with Gasteiger partial charge in [-0.1, -0.05) is 6.07 Å². The molecule has 2 amide bonds. The van der Waals surface area contributed by atoms with Crippen molar-refractivity contribution in [1.82, 2.24) is 20.6 Å². The van der Waals surface area contributed by atoms with Crippen molar-refractivity contribution in [2.75, 3.05) is 13.1 Å². The number of aromatic hydroxyl groups is 1. The molecule has 0 atom stereocenters. The van der Waals surface area contributed by atoms with Gasteiger partial charge in [-0.25, -0.2) is 9.97 Å². The Morgan fingerprint density at radius 2 is 1.29 bits per heavy atom. The smallest absolute Gasteiger partial charge is 0.369 e. The van der Waals surface area contributed by atoms with Crippen LogP contribution in [0.5, 0.6) is 5.75 Å². The molecule has 41 heavy (non-hydrogen) atoms. The van der Waals surface area contributed by atoms with Crippen LogP contribution in [0.1, 0.15) is 63.6 Å². The largest absolute Gasteiger partial charge is 0.506 e. The summed E-state index contributed by atoms with van der Waals surface area (Å²) in [5.74, 6) is 0.552. The molecule has 2 saturated carbocycles. The minimum Gasteiger partial charge on any atom is -0.506 e. The van der Waals surface area contributed by atoms with Crippen LogP contribution in [0.25, 0.3) is 0 Å². The minimum atomic E-state index is -0.283. The molecule has 222 valence electrons. The number of aliphatic hydroxyl groups excluding tert-OH is 1. The number of amides is 2. The first-order valence-corrected chi connectivity index (χ1v) is 15.3. The predicted molar refractivity (Wildman–Crippen MR) is 160 cm³/mol. The zero-order valence-corrected chi connectivity index (χ0v) is 26.7. The number of hydrogen-bond donors (Lipinski definition) is 4. The fraction of sp³-hybridized carbons (Fsp3) is 0.440. The summed E-state index contributed by atoms with van der Waals surface area (Å²) in [7, 11) is 0. The minimum absolute atomic E-state index is 0.0524. The van der Waals surface area contributed by atoms with E-state index in [1.54, 1.807) is 12.1 Å². The van der Waals surface area contributed by atoms with E-state index in [-0.39, 0.29) is 64.1 Å². The second-order valence-electron chi connectivity index (χ2n) is 8.99. The normalized spacial score (nSPS) is 13.3. The van der Waals surface area contributed by atoms with E-state index in [1.807, 2.05) is 0 Å². The predicted octanol–water partition coefficient (Wildman–Crippen LogP) is 3.14. The maximum absolute atomic E-state index is 11.9. The van der Waals surface area contributed by atoms with E-state index in [2.05, 4.69) is 77.3 Å². The lowest BCUT2D eigenvalue weighted by Gasteiger charge is -2.08. The number of carbonyl (C=O) groups excluding carboxylic acids is 4. The molecule has 2 fully saturated rings. The van der Waals surface area contributed by atoms with Crippen molar-refractivity contribution in [2.24, 2.45) is 11.8 Å². The molecular weight excluding hydrogens is 735 g/mol. The molecule has 2 aliphatic carbocycles. The quantitative estimate of drug-likeness (QED) is 0.175. The summed E-state index contributed by atoms with van der Waals surface area (Å²) in [5, 5.41) is 24.2. The van der Waals surface area contributed by atoms with Gasteiger partial charge in [0.15, 0.2) is 0 Å². The molecule has 4 N–H and O–H groups in total. The van der Waals surface area contributed by atoms with Crippen LogP contribution in [0.4, 0.5) is 0 Å². The number of aliphatic hydroxyl groups is 1. The van der Waals surface area contributed by atoms with Crippen LogP contribution in [0.3, 0.4) is 0 Å². The van der Waals surface area contributed by atoms with Gasteiger partial charge in [0.1, 0.15) is 36.0 Å². The van der Waals surface area contributed by atoms with Gasteiger partial charge in [0, 0.05) is 18.7 Å². The molecule has 0 aromatic carbocycles. The third-order valence-electron chi connectivity index (χ3n) is 5.73. The number of aromatic nitrogens is 2. The molecule has 0 radical (unpaired) electrons. The molecule has 16 heteroatoms. The van der Waals surface area contributed by atoms with E-state index in [4.69, 9.17) is 5.11 Å². The molecule has 0 spiro atoms. The number of ether oxygens (including phenoxy) is 2. The fourth-order valence-corrected chi connectivity index (χ4v) is 3.18. The van der Waals surface area contributed by atoms with E-state index in [1.165, 1.54) is 12.1 Å². The van der Waals surface area contributed by atoms with Gasteiger partial charge in [0.05, 0.1) is 12.3 Å². The van der Waals surface area contributed by atoms with Crippen molar-refractivity contribution < 1.29 is 38.9 Å². The van der Waals surface area contributed by atoms with Gasteiger partial charge >= 0.3 is 3.18 Å². The average molecular weight is 765 g/mol. The van der Waals surface area contributed by atoms with Gasteiger partial charge in [0.25, 0.3) is 24.8 Å². The number of hydrogen-bond acceptors (Lipinski definition) is 10. The summed E-state index contributed by atoms with van der Waals surface area (Å²) in [6.07, 6.45) is 4.63. The topological polar surface area (TPSA) is 177 Å². The van der Waals surface area contributed by atoms with Crippen LogP contribution in [-0.2, 0) is 38.9 Å². The van der Waals surface area contributed by atoms with Crippen molar-refractivity contribution in [3.63, 3.8) is 0 Å². The summed E-state index contributed by atoms with van der Waals surface area (Å²) >= 11 is 9.31. The maximum atomic E-state index is 11.9. The maximum Gasteiger partial charge on any atom is 0.369 e. The molecule has 2 aromatic rings. The standard InChI is InChI=1S/C13H16N2O4.C12H14N2O4.BBr3/c16-6-10-3-4-11(15-12(10)7-19-8-17)13(18)14-5-9-1-2-9;15-7-18-6-10-11(16)4-3-9(14-10)12(17)13-5-8-1-2-8;2-1(3)4/h3-4,8-9,16H,1-2,5-7H2,(H,14,18);3-4,7-8,16H,1-2,5-6H2,(H,13,17);. The lowest BCUT2D eigenvalue weighted by molar-refractivity contribution is -0.130. The van der Waals surface area contributed by atoms with Crippen LogP contribution in [0, 0.1) is 11.8 Å². The Kier molecular flexibility index (Phi) is 15.9. The first-order valence-electron chi connectivity index (χ1n) is 12.6. The number of pyridine rings is 2. The van der Waals surface area contributed by atoms with E-state index in [9.17, 15) is 24.3 Å². The van der Waals surface area contributed by atoms with Crippen molar-refractivity contribution in [3.05, 3.63) is 52.6 Å². The number of nitrogens with one attached hydrogen (secondary N) is 2. The molecule has 0 unspecified atom stereocenters. The second kappa shape index (κ2) is 18.8. The Morgan fingerprint density at radius 1 is 0.854 bits per heavy atom. The Bertz CT molecular complexity index is 1170. The highest BCUT2D eigenvalue weighted by atomic mass is 79.9. The lowest BCUT2D eigenvalue weighted by Crippen LogP contribution is -2.26. The molecule has 0 saturated heterocycles. The number of nitrogens with zero attached hydrogens (tertiary/aromatic N) is 2. The van der Waals surface area contributed by atoms with E-state index >= 15 is 0 Å². The van der Waals surface area contributed by atoms with Gasteiger partial charge in [0.2, 0.25) is 0 Å². The van der Waals surface area contributed by atoms with Crippen LogP contribution in [0.2, 0.25) is 0 Å². The Balaban J connectivity index is 0.000000254.